The van der Waals surface area contributed by atoms with E-state index in [-0.39, 0.29) is 6.54 Å². The molecule has 0 spiro atoms. The van der Waals surface area contributed by atoms with Crippen LogP contribution in [0.15, 0.2) is 65.3 Å². The van der Waals surface area contributed by atoms with E-state index in [9.17, 15) is 18.0 Å². The first kappa shape index (κ1) is 24.0. The van der Waals surface area contributed by atoms with E-state index in [1.807, 2.05) is 24.3 Å². The van der Waals surface area contributed by atoms with Crippen LogP contribution in [-0.2, 0) is 6.18 Å². The van der Waals surface area contributed by atoms with Gasteiger partial charge >= 0.3 is 6.18 Å². The number of rotatable bonds is 7. The molecule has 6 nitrogen and oxygen atoms in total. The molecule has 34 heavy (non-hydrogen) atoms. The predicted octanol–water partition coefficient (Wildman–Crippen LogP) is 6.06. The molecule has 0 bridgehead atoms. The normalized spacial score (nSPS) is 11.6. The molecule has 0 atom stereocenters. The maximum atomic E-state index is 13.1. The Morgan fingerprint density at radius 1 is 1.09 bits per heavy atom. The van der Waals surface area contributed by atoms with E-state index in [4.69, 9.17) is 11.6 Å². The average molecular weight is 553 g/mol. The summed E-state index contributed by atoms with van der Waals surface area (Å²) < 4.78 is 41.7. The van der Waals surface area contributed by atoms with E-state index in [1.165, 1.54) is 12.1 Å². The van der Waals surface area contributed by atoms with Gasteiger partial charge in [0.05, 0.1) is 27.5 Å². The molecule has 0 aliphatic carbocycles. The zero-order valence-electron chi connectivity index (χ0n) is 17.5. The highest BCUT2D eigenvalue weighted by Crippen LogP contribution is 2.32. The molecular weight excluding hydrogens is 535 g/mol. The van der Waals surface area contributed by atoms with Gasteiger partial charge in [0.2, 0.25) is 0 Å². The van der Waals surface area contributed by atoms with Gasteiger partial charge in [0.25, 0.3) is 5.91 Å². The van der Waals surface area contributed by atoms with Crippen molar-refractivity contribution in [3.05, 3.63) is 81.4 Å². The molecule has 0 saturated carbocycles. The third-order valence-electron chi connectivity index (χ3n) is 5.00. The highest BCUT2D eigenvalue weighted by atomic mass is 79.9. The largest absolute Gasteiger partial charge is 0.417 e. The molecule has 0 fully saturated rings. The van der Waals surface area contributed by atoms with Crippen LogP contribution in [0, 0.1) is 0 Å². The Kier molecular flexibility index (Phi) is 7.08. The number of nitrogens with one attached hydrogen (secondary N) is 2. The molecule has 0 aliphatic heterocycles. The van der Waals surface area contributed by atoms with Gasteiger partial charge in [-0.15, -0.1) is 0 Å². The average Bonchev–Trinajstić information content (AvgIpc) is 3.19. The number of benzene rings is 2. The van der Waals surface area contributed by atoms with Crippen LogP contribution in [-0.4, -0.2) is 33.6 Å². The first-order valence-corrected chi connectivity index (χ1v) is 11.4. The van der Waals surface area contributed by atoms with Crippen LogP contribution in [0.4, 0.5) is 19.0 Å². The maximum Gasteiger partial charge on any atom is 0.417 e. The van der Waals surface area contributed by atoms with Crippen LogP contribution in [0.1, 0.15) is 22.3 Å². The second-order valence-corrected chi connectivity index (χ2v) is 8.58. The van der Waals surface area contributed by atoms with Gasteiger partial charge < -0.3 is 10.6 Å². The van der Waals surface area contributed by atoms with Crippen LogP contribution in [0.25, 0.3) is 16.9 Å². The number of alkyl halides is 3. The minimum absolute atomic E-state index is 0.187. The van der Waals surface area contributed by atoms with Gasteiger partial charge in [-0.2, -0.15) is 22.8 Å². The summed E-state index contributed by atoms with van der Waals surface area (Å²) in [7, 11) is 0. The van der Waals surface area contributed by atoms with Crippen molar-refractivity contribution in [2.45, 2.75) is 12.6 Å². The molecule has 2 N–H and O–H groups in total. The van der Waals surface area contributed by atoms with Crippen LogP contribution < -0.4 is 10.6 Å². The van der Waals surface area contributed by atoms with Crippen molar-refractivity contribution >= 4 is 44.9 Å². The fourth-order valence-electron chi connectivity index (χ4n) is 3.40. The van der Waals surface area contributed by atoms with Gasteiger partial charge in [0.15, 0.2) is 5.65 Å². The monoisotopic (exact) mass is 551 g/mol. The number of anilines is 1. The van der Waals surface area contributed by atoms with Crippen molar-refractivity contribution in [2.75, 3.05) is 18.4 Å². The fourth-order valence-corrected chi connectivity index (χ4v) is 3.98. The van der Waals surface area contributed by atoms with Crippen molar-refractivity contribution < 1.29 is 18.0 Å². The number of hydrogen-bond donors (Lipinski definition) is 2. The molecular formula is C23H18BrClF3N5O. The van der Waals surface area contributed by atoms with Crippen molar-refractivity contribution in [2.24, 2.45) is 0 Å². The predicted molar refractivity (Wildman–Crippen MR) is 128 cm³/mol. The molecule has 2 heterocycles. The van der Waals surface area contributed by atoms with Crippen LogP contribution in [0.5, 0.6) is 0 Å². The lowest BCUT2D eigenvalue weighted by molar-refractivity contribution is -0.137. The quantitative estimate of drug-likeness (QED) is 0.273. The first-order chi connectivity index (χ1) is 16.3. The number of carbonyl (C=O) groups excluding carboxylic acids is 1. The van der Waals surface area contributed by atoms with Gasteiger partial charge in [-0.25, -0.2) is 4.98 Å². The van der Waals surface area contributed by atoms with Crippen molar-refractivity contribution in [1.29, 1.82) is 0 Å². The van der Waals surface area contributed by atoms with Crippen molar-refractivity contribution in [3.8, 4) is 11.3 Å². The van der Waals surface area contributed by atoms with Gasteiger partial charge in [-0.05, 0) is 40.5 Å². The highest BCUT2D eigenvalue weighted by Gasteiger charge is 2.34. The number of amides is 1. The second kappa shape index (κ2) is 10.0. The summed E-state index contributed by atoms with van der Waals surface area (Å²) in [5, 5.41) is 10.7. The number of halogens is 5. The summed E-state index contributed by atoms with van der Waals surface area (Å²) in [4.78, 5) is 16.9. The molecule has 0 aliphatic rings. The van der Waals surface area contributed by atoms with E-state index in [0.29, 0.717) is 39.6 Å². The molecule has 0 unspecified atom stereocenters. The molecule has 4 aromatic rings. The molecule has 4 rings (SSSR count). The summed E-state index contributed by atoms with van der Waals surface area (Å²) >= 11 is 9.78. The third kappa shape index (κ3) is 5.18. The van der Waals surface area contributed by atoms with Crippen molar-refractivity contribution in [1.82, 2.24) is 19.9 Å². The maximum absolute atomic E-state index is 13.1. The van der Waals surface area contributed by atoms with Gasteiger partial charge in [-0.1, -0.05) is 41.9 Å². The Balaban J connectivity index is 1.43. The Bertz CT molecular complexity index is 1340. The lowest BCUT2D eigenvalue weighted by Gasteiger charge is -2.13. The summed E-state index contributed by atoms with van der Waals surface area (Å²) in [5.74, 6) is -0.115. The van der Waals surface area contributed by atoms with E-state index < -0.39 is 23.2 Å². The van der Waals surface area contributed by atoms with E-state index in [1.54, 1.807) is 16.8 Å². The SMILES string of the molecule is O=C(NCCCNc1cc(-c2ccccc2Cl)nc2c(Br)cnn12)c1ccccc1C(F)(F)F. The van der Waals surface area contributed by atoms with Crippen LogP contribution >= 0.6 is 27.5 Å². The Hall–Kier alpha value is -3.11. The molecule has 1 amide bonds. The molecule has 11 heteroatoms. The first-order valence-electron chi connectivity index (χ1n) is 10.2. The van der Waals surface area contributed by atoms with Gasteiger partial charge in [-0.3, -0.25) is 4.79 Å². The summed E-state index contributed by atoms with van der Waals surface area (Å²) in [6.45, 7) is 0.617. The Labute approximate surface area is 206 Å². The van der Waals surface area contributed by atoms with E-state index in [0.717, 1.165) is 17.7 Å². The summed E-state index contributed by atoms with van der Waals surface area (Å²) in [6.07, 6.45) is -2.50. The molecule has 176 valence electrons. The molecule has 0 radical (unpaired) electrons. The number of carbonyl (C=O) groups is 1. The number of nitrogens with zero attached hydrogens (tertiary/aromatic N) is 3. The van der Waals surface area contributed by atoms with Crippen molar-refractivity contribution in [3.63, 3.8) is 0 Å². The topological polar surface area (TPSA) is 71.3 Å². The Morgan fingerprint density at radius 2 is 1.82 bits per heavy atom. The minimum atomic E-state index is -4.60. The van der Waals surface area contributed by atoms with Gasteiger partial charge in [0.1, 0.15) is 5.82 Å². The zero-order valence-corrected chi connectivity index (χ0v) is 19.9. The molecule has 2 aromatic carbocycles. The summed E-state index contributed by atoms with van der Waals surface area (Å²) in [5.41, 5.74) is 0.653. The number of aromatic nitrogens is 3. The van der Waals surface area contributed by atoms with Crippen LogP contribution in [0.3, 0.4) is 0 Å². The van der Waals surface area contributed by atoms with Gasteiger partial charge in [0, 0.05) is 29.7 Å². The standard InChI is InChI=1S/C23H18BrClF3N5O/c24-17-13-31-33-20(12-19(32-21(17)33)15-7-2-4-9-18(15)25)29-10-5-11-30-22(34)14-6-1-3-8-16(14)23(26,27)28/h1-4,6-9,12-13,29H,5,10-11H2,(H,30,34). The molecule has 2 aromatic heterocycles. The smallest absolute Gasteiger partial charge is 0.370 e. The zero-order chi connectivity index (χ0) is 24.3. The van der Waals surface area contributed by atoms with E-state index in [2.05, 4.69) is 36.6 Å². The number of hydrogen-bond acceptors (Lipinski definition) is 4. The molecule has 0 saturated heterocycles. The van der Waals surface area contributed by atoms with Crippen LogP contribution in [0.2, 0.25) is 5.02 Å². The number of fused-ring (bicyclic) bond motifs is 1. The second-order valence-electron chi connectivity index (χ2n) is 7.31. The lowest BCUT2D eigenvalue weighted by atomic mass is 10.1. The third-order valence-corrected chi connectivity index (χ3v) is 5.89. The minimum Gasteiger partial charge on any atom is -0.370 e. The lowest BCUT2D eigenvalue weighted by Crippen LogP contribution is -2.28. The van der Waals surface area contributed by atoms with E-state index >= 15 is 0 Å². The fraction of sp³-hybridized carbons (Fsp3) is 0.174. The Morgan fingerprint density at radius 3 is 2.59 bits per heavy atom. The summed E-state index contributed by atoms with van der Waals surface area (Å²) in [6, 6.07) is 13.9. The highest BCUT2D eigenvalue weighted by molar-refractivity contribution is 9.10.